The molecule has 1 aliphatic carbocycles. The molecule has 0 aromatic rings. The average molecular weight is 266 g/mol. The van der Waals surface area contributed by atoms with Crippen molar-refractivity contribution in [2.24, 2.45) is 11.8 Å². The molecule has 2 fully saturated rings. The van der Waals surface area contributed by atoms with Crippen LogP contribution in [0, 0.1) is 11.8 Å². The average Bonchev–Trinajstić information content (AvgIpc) is 2.41. The van der Waals surface area contributed by atoms with E-state index < -0.39 is 0 Å². The number of piperazine rings is 1. The molecule has 110 valence electrons. The van der Waals surface area contributed by atoms with Crippen molar-refractivity contribution in [3.8, 4) is 0 Å². The quantitative estimate of drug-likeness (QED) is 0.763. The third-order valence-corrected chi connectivity index (χ3v) is 4.53. The smallest absolute Gasteiger partial charge is 0.149 e. The Morgan fingerprint density at radius 3 is 2.16 bits per heavy atom. The van der Waals surface area contributed by atoms with E-state index >= 15 is 0 Å². The molecule has 3 heteroatoms. The maximum absolute atomic E-state index is 12.3. The van der Waals surface area contributed by atoms with E-state index in [0.29, 0.717) is 18.2 Å². The van der Waals surface area contributed by atoms with Gasteiger partial charge < -0.3 is 4.90 Å². The van der Waals surface area contributed by atoms with Gasteiger partial charge in [-0.25, -0.2) is 0 Å². The Labute approximate surface area is 118 Å². The van der Waals surface area contributed by atoms with Crippen LogP contribution in [-0.2, 0) is 4.79 Å². The highest BCUT2D eigenvalue weighted by Crippen LogP contribution is 2.24. The highest BCUT2D eigenvalue weighted by Gasteiger charge is 2.24. The molecule has 0 amide bonds. The Morgan fingerprint density at radius 1 is 1.00 bits per heavy atom. The number of hydrogen-bond acceptors (Lipinski definition) is 3. The molecule has 19 heavy (non-hydrogen) atoms. The lowest BCUT2D eigenvalue weighted by Gasteiger charge is -2.35. The Hall–Kier alpha value is -0.410. The normalized spacial score (nSPS) is 23.9. The lowest BCUT2D eigenvalue weighted by molar-refractivity contribution is -0.125. The van der Waals surface area contributed by atoms with Gasteiger partial charge in [0.05, 0.1) is 6.54 Å². The molecule has 2 aliphatic rings. The lowest BCUT2D eigenvalue weighted by atomic mass is 9.86. The van der Waals surface area contributed by atoms with Gasteiger partial charge >= 0.3 is 0 Å². The highest BCUT2D eigenvalue weighted by molar-refractivity contribution is 5.83. The van der Waals surface area contributed by atoms with E-state index in [-0.39, 0.29) is 0 Å². The van der Waals surface area contributed by atoms with Gasteiger partial charge in [0.25, 0.3) is 0 Å². The van der Waals surface area contributed by atoms with E-state index in [0.717, 1.165) is 44.9 Å². The predicted octanol–water partition coefficient (Wildman–Crippen LogP) is 2.41. The summed E-state index contributed by atoms with van der Waals surface area (Å²) in [6.07, 6.45) is 6.15. The molecule has 1 aliphatic heterocycles. The van der Waals surface area contributed by atoms with Crippen molar-refractivity contribution in [2.45, 2.75) is 46.0 Å². The predicted molar refractivity (Wildman–Crippen MR) is 79.3 cm³/mol. The second-order valence-corrected chi connectivity index (χ2v) is 6.77. The molecule has 0 bridgehead atoms. The van der Waals surface area contributed by atoms with Crippen LogP contribution in [0.25, 0.3) is 0 Å². The molecule has 0 aromatic carbocycles. The Balaban J connectivity index is 1.68. The summed E-state index contributed by atoms with van der Waals surface area (Å²) in [6, 6.07) is 0. The number of carbonyl (C=O) groups is 1. The number of ketones is 1. The van der Waals surface area contributed by atoms with Gasteiger partial charge in [-0.3, -0.25) is 9.69 Å². The minimum absolute atomic E-state index is 0.377. The van der Waals surface area contributed by atoms with Crippen molar-refractivity contribution in [1.29, 1.82) is 0 Å². The number of nitrogens with zero attached hydrogens (tertiary/aromatic N) is 2. The molecule has 0 atom stereocenters. The maximum atomic E-state index is 12.3. The molecule has 0 spiro atoms. The molecule has 0 radical (unpaired) electrons. The molecule has 0 aromatic heterocycles. The number of carbonyl (C=O) groups excluding carboxylic acids is 1. The van der Waals surface area contributed by atoms with Gasteiger partial charge in [-0.05, 0) is 18.8 Å². The summed E-state index contributed by atoms with van der Waals surface area (Å²) >= 11 is 0. The van der Waals surface area contributed by atoms with Gasteiger partial charge in [-0.1, -0.05) is 33.1 Å². The second-order valence-electron chi connectivity index (χ2n) is 6.77. The van der Waals surface area contributed by atoms with Gasteiger partial charge in [0.1, 0.15) is 5.78 Å². The third-order valence-electron chi connectivity index (χ3n) is 4.53. The van der Waals surface area contributed by atoms with Gasteiger partial charge in [0.15, 0.2) is 0 Å². The van der Waals surface area contributed by atoms with E-state index in [9.17, 15) is 4.79 Å². The van der Waals surface area contributed by atoms with Gasteiger partial charge in [0, 0.05) is 38.6 Å². The van der Waals surface area contributed by atoms with Crippen molar-refractivity contribution in [3.63, 3.8) is 0 Å². The van der Waals surface area contributed by atoms with E-state index in [2.05, 4.69) is 23.6 Å². The maximum Gasteiger partial charge on any atom is 0.149 e. The summed E-state index contributed by atoms with van der Waals surface area (Å²) < 4.78 is 0. The molecular formula is C16H30N2O. The summed E-state index contributed by atoms with van der Waals surface area (Å²) in [5.74, 6) is 1.63. The Bertz CT molecular complexity index is 276. The van der Waals surface area contributed by atoms with Crippen molar-refractivity contribution in [1.82, 2.24) is 9.80 Å². The van der Waals surface area contributed by atoms with Crippen molar-refractivity contribution in [2.75, 3.05) is 39.3 Å². The first-order chi connectivity index (χ1) is 9.15. The van der Waals surface area contributed by atoms with Crippen LogP contribution >= 0.6 is 0 Å². The van der Waals surface area contributed by atoms with Crippen LogP contribution in [0.1, 0.15) is 46.0 Å². The van der Waals surface area contributed by atoms with Crippen LogP contribution in [0.2, 0.25) is 0 Å². The first kappa shape index (κ1) is 15.0. The first-order valence-electron chi connectivity index (χ1n) is 8.12. The van der Waals surface area contributed by atoms with Crippen LogP contribution in [-0.4, -0.2) is 54.9 Å². The Kier molecular flexibility index (Phi) is 5.83. The van der Waals surface area contributed by atoms with Crippen molar-refractivity contribution in [3.05, 3.63) is 0 Å². The fourth-order valence-corrected chi connectivity index (χ4v) is 3.42. The zero-order chi connectivity index (χ0) is 13.7. The molecule has 2 rings (SSSR count). The summed E-state index contributed by atoms with van der Waals surface area (Å²) in [4.78, 5) is 17.2. The largest absolute Gasteiger partial charge is 0.301 e. The lowest BCUT2D eigenvalue weighted by Crippen LogP contribution is -2.49. The van der Waals surface area contributed by atoms with Crippen LogP contribution in [0.4, 0.5) is 0 Å². The number of rotatable bonds is 5. The van der Waals surface area contributed by atoms with E-state index in [1.807, 2.05) is 0 Å². The van der Waals surface area contributed by atoms with E-state index in [4.69, 9.17) is 0 Å². The van der Waals surface area contributed by atoms with Crippen molar-refractivity contribution >= 4 is 5.78 Å². The van der Waals surface area contributed by atoms with Crippen LogP contribution < -0.4 is 0 Å². The molecule has 1 saturated heterocycles. The first-order valence-corrected chi connectivity index (χ1v) is 8.12. The molecule has 1 saturated carbocycles. The minimum atomic E-state index is 0.377. The standard InChI is InChI=1S/C16H30N2O/c1-14(2)12-17-8-10-18(11-9-17)13-16(19)15-6-4-3-5-7-15/h14-15H,3-13H2,1-2H3. The highest BCUT2D eigenvalue weighted by atomic mass is 16.1. The zero-order valence-corrected chi connectivity index (χ0v) is 12.7. The summed E-state index contributed by atoms with van der Waals surface area (Å²) in [7, 11) is 0. The topological polar surface area (TPSA) is 23.6 Å². The number of hydrogen-bond donors (Lipinski definition) is 0. The van der Waals surface area contributed by atoms with Crippen LogP contribution in [0.5, 0.6) is 0 Å². The monoisotopic (exact) mass is 266 g/mol. The van der Waals surface area contributed by atoms with E-state index in [1.54, 1.807) is 0 Å². The Morgan fingerprint density at radius 2 is 1.58 bits per heavy atom. The molecule has 0 N–H and O–H groups in total. The van der Waals surface area contributed by atoms with Gasteiger partial charge in [-0.2, -0.15) is 0 Å². The fourth-order valence-electron chi connectivity index (χ4n) is 3.42. The minimum Gasteiger partial charge on any atom is -0.301 e. The molecular weight excluding hydrogens is 236 g/mol. The zero-order valence-electron chi connectivity index (χ0n) is 12.7. The SMILES string of the molecule is CC(C)CN1CCN(CC(=O)C2CCCCC2)CC1. The van der Waals surface area contributed by atoms with Crippen LogP contribution in [0.3, 0.4) is 0 Å². The molecule has 1 heterocycles. The second kappa shape index (κ2) is 7.39. The fraction of sp³-hybridized carbons (Fsp3) is 0.938. The van der Waals surface area contributed by atoms with Gasteiger partial charge in [-0.15, -0.1) is 0 Å². The molecule has 0 unspecified atom stereocenters. The molecule has 3 nitrogen and oxygen atoms in total. The summed E-state index contributed by atoms with van der Waals surface area (Å²) in [6.45, 7) is 10.9. The summed E-state index contributed by atoms with van der Waals surface area (Å²) in [5.41, 5.74) is 0. The summed E-state index contributed by atoms with van der Waals surface area (Å²) in [5, 5.41) is 0. The van der Waals surface area contributed by atoms with Crippen molar-refractivity contribution < 1.29 is 4.79 Å². The van der Waals surface area contributed by atoms with E-state index in [1.165, 1.54) is 25.8 Å². The van der Waals surface area contributed by atoms with Crippen LogP contribution in [0.15, 0.2) is 0 Å². The van der Waals surface area contributed by atoms with Gasteiger partial charge in [0.2, 0.25) is 0 Å². The number of Topliss-reactive ketones (excluding diaryl/α,β-unsaturated/α-hetero) is 1. The third kappa shape index (κ3) is 4.88.